The van der Waals surface area contributed by atoms with Crippen LogP contribution in [0.1, 0.15) is 33.3 Å². The number of hydrogen-bond acceptors (Lipinski definition) is 4. The Morgan fingerprint density at radius 3 is 2.30 bits per heavy atom. The minimum Gasteiger partial charge on any atom is -0.497 e. The Labute approximate surface area is 181 Å². The van der Waals surface area contributed by atoms with Gasteiger partial charge in [-0.05, 0) is 45.4 Å². The van der Waals surface area contributed by atoms with E-state index in [1.165, 1.54) is 5.56 Å². The lowest BCUT2D eigenvalue weighted by molar-refractivity contribution is -0.0946. The number of morpholine rings is 1. The molecule has 2 N–H and O–H groups in total. The second-order valence-electron chi connectivity index (χ2n) is 7.60. The summed E-state index contributed by atoms with van der Waals surface area (Å²) < 4.78 is 11.0. The predicted molar refractivity (Wildman–Crippen MR) is 122 cm³/mol. The summed E-state index contributed by atoms with van der Waals surface area (Å²) >= 11 is 0. The standard InChI is InChI=1S/C20H34N4O2.HI/c1-15-12-24(13-16(2)26-15)20(3,4)14-23-19(21-5)22-11-17-7-9-18(25-6)10-8-17;/h7-10,15-16H,11-14H2,1-6H3,(H2,21,22,23);1H. The van der Waals surface area contributed by atoms with Crippen molar-refractivity contribution in [2.45, 2.75) is 52.0 Å². The van der Waals surface area contributed by atoms with Gasteiger partial charge in [-0.25, -0.2) is 0 Å². The van der Waals surface area contributed by atoms with Gasteiger partial charge < -0.3 is 20.1 Å². The molecule has 1 saturated heterocycles. The molecule has 0 saturated carbocycles. The van der Waals surface area contributed by atoms with Crippen LogP contribution >= 0.6 is 24.0 Å². The SMILES string of the molecule is CN=C(NCc1ccc(OC)cc1)NCC(C)(C)N1CC(C)OC(C)C1.I. The molecule has 1 aliphatic heterocycles. The number of aliphatic imine (C=N–C) groups is 1. The molecule has 0 aliphatic carbocycles. The highest BCUT2D eigenvalue weighted by molar-refractivity contribution is 14.0. The van der Waals surface area contributed by atoms with Crippen molar-refractivity contribution in [3.05, 3.63) is 29.8 Å². The fraction of sp³-hybridized carbons (Fsp3) is 0.650. The van der Waals surface area contributed by atoms with Crippen molar-refractivity contribution in [1.29, 1.82) is 0 Å². The lowest BCUT2D eigenvalue weighted by Gasteiger charge is -2.45. The first-order valence-corrected chi connectivity index (χ1v) is 9.32. The van der Waals surface area contributed by atoms with Crippen LogP contribution in [0.15, 0.2) is 29.3 Å². The average molecular weight is 490 g/mol. The summed E-state index contributed by atoms with van der Waals surface area (Å²) in [6.45, 7) is 12.3. The molecule has 0 aromatic heterocycles. The zero-order valence-corrected chi connectivity index (χ0v) is 19.7. The van der Waals surface area contributed by atoms with Crippen molar-refractivity contribution in [2.24, 2.45) is 4.99 Å². The highest BCUT2D eigenvalue weighted by Crippen LogP contribution is 2.20. The molecule has 0 spiro atoms. The number of guanidine groups is 1. The van der Waals surface area contributed by atoms with Gasteiger partial charge in [0.1, 0.15) is 5.75 Å². The normalized spacial score (nSPS) is 21.3. The van der Waals surface area contributed by atoms with Crippen molar-refractivity contribution in [2.75, 3.05) is 33.8 Å². The predicted octanol–water partition coefficient (Wildman–Crippen LogP) is 2.87. The van der Waals surface area contributed by atoms with Crippen LogP contribution < -0.4 is 15.4 Å². The Hall–Kier alpha value is -1.06. The number of nitrogens with one attached hydrogen (secondary N) is 2. The van der Waals surface area contributed by atoms with E-state index >= 15 is 0 Å². The van der Waals surface area contributed by atoms with Crippen molar-refractivity contribution in [1.82, 2.24) is 15.5 Å². The Kier molecular flexibility index (Phi) is 9.83. The maximum Gasteiger partial charge on any atom is 0.191 e. The van der Waals surface area contributed by atoms with Gasteiger partial charge in [-0.1, -0.05) is 12.1 Å². The molecule has 0 amide bonds. The number of rotatable bonds is 6. The van der Waals surface area contributed by atoms with Gasteiger partial charge in [0.2, 0.25) is 0 Å². The van der Waals surface area contributed by atoms with E-state index in [9.17, 15) is 0 Å². The lowest BCUT2D eigenvalue weighted by Crippen LogP contribution is -2.59. The van der Waals surface area contributed by atoms with Gasteiger partial charge in [0, 0.05) is 38.8 Å². The van der Waals surface area contributed by atoms with E-state index in [2.05, 4.69) is 60.4 Å². The van der Waals surface area contributed by atoms with Crippen LogP contribution in [0, 0.1) is 0 Å². The number of halogens is 1. The molecule has 1 aromatic carbocycles. The number of methoxy groups -OCH3 is 1. The molecule has 6 nitrogen and oxygen atoms in total. The van der Waals surface area contributed by atoms with E-state index in [0.29, 0.717) is 0 Å². The summed E-state index contributed by atoms with van der Waals surface area (Å²) in [5, 5.41) is 6.83. The third kappa shape index (κ3) is 7.46. The van der Waals surface area contributed by atoms with Gasteiger partial charge in [-0.3, -0.25) is 9.89 Å². The monoisotopic (exact) mass is 490 g/mol. The van der Waals surface area contributed by atoms with Gasteiger partial charge in [0.25, 0.3) is 0 Å². The van der Waals surface area contributed by atoms with E-state index in [-0.39, 0.29) is 41.7 Å². The lowest BCUT2D eigenvalue weighted by atomic mass is 10.00. The van der Waals surface area contributed by atoms with Crippen LogP contribution in [0.5, 0.6) is 5.75 Å². The quantitative estimate of drug-likeness (QED) is 0.365. The fourth-order valence-electron chi connectivity index (χ4n) is 3.23. The number of benzene rings is 1. The van der Waals surface area contributed by atoms with Gasteiger partial charge in [-0.15, -0.1) is 24.0 Å². The van der Waals surface area contributed by atoms with Gasteiger partial charge >= 0.3 is 0 Å². The van der Waals surface area contributed by atoms with Crippen LogP contribution in [0.2, 0.25) is 0 Å². The van der Waals surface area contributed by atoms with E-state index in [1.807, 2.05) is 12.1 Å². The van der Waals surface area contributed by atoms with Crippen LogP contribution in [0.4, 0.5) is 0 Å². The molecule has 1 fully saturated rings. The highest BCUT2D eigenvalue weighted by Gasteiger charge is 2.33. The summed E-state index contributed by atoms with van der Waals surface area (Å²) in [4.78, 5) is 6.84. The van der Waals surface area contributed by atoms with Crippen molar-refractivity contribution in [3.63, 3.8) is 0 Å². The molecular weight excluding hydrogens is 455 g/mol. The molecule has 2 rings (SSSR count). The largest absolute Gasteiger partial charge is 0.497 e. The second kappa shape index (κ2) is 11.1. The molecule has 7 heteroatoms. The van der Waals surface area contributed by atoms with Gasteiger partial charge in [0.15, 0.2) is 5.96 Å². The molecule has 2 unspecified atom stereocenters. The zero-order chi connectivity index (χ0) is 19.2. The van der Waals surface area contributed by atoms with Crippen LogP contribution in [0.3, 0.4) is 0 Å². The molecule has 1 aromatic rings. The Bertz CT molecular complexity index is 582. The minimum atomic E-state index is 0. The minimum absolute atomic E-state index is 0. The average Bonchev–Trinajstić information content (AvgIpc) is 2.61. The molecular formula is C20H35IN4O2. The third-order valence-electron chi connectivity index (χ3n) is 4.81. The van der Waals surface area contributed by atoms with E-state index < -0.39 is 0 Å². The van der Waals surface area contributed by atoms with Gasteiger partial charge in [-0.2, -0.15) is 0 Å². The van der Waals surface area contributed by atoms with Crippen LogP contribution in [-0.2, 0) is 11.3 Å². The van der Waals surface area contributed by atoms with Gasteiger partial charge in [0.05, 0.1) is 19.3 Å². The highest BCUT2D eigenvalue weighted by atomic mass is 127. The van der Waals surface area contributed by atoms with Crippen LogP contribution in [0.25, 0.3) is 0 Å². The Morgan fingerprint density at radius 2 is 1.78 bits per heavy atom. The number of ether oxygens (including phenoxy) is 2. The summed E-state index contributed by atoms with van der Waals surface area (Å²) in [6.07, 6.45) is 0.538. The molecule has 0 bridgehead atoms. The molecule has 1 heterocycles. The molecule has 154 valence electrons. The van der Waals surface area contributed by atoms with E-state index in [4.69, 9.17) is 9.47 Å². The summed E-state index contributed by atoms with van der Waals surface area (Å²) in [5.74, 6) is 1.68. The molecule has 1 aliphatic rings. The molecule has 2 atom stereocenters. The first-order chi connectivity index (χ1) is 12.3. The van der Waals surface area contributed by atoms with Crippen molar-refractivity contribution >= 4 is 29.9 Å². The smallest absolute Gasteiger partial charge is 0.191 e. The first kappa shape index (κ1) is 24.0. The van der Waals surface area contributed by atoms with E-state index in [0.717, 1.165) is 37.9 Å². The second-order valence-corrected chi connectivity index (χ2v) is 7.60. The number of hydrogen-bond donors (Lipinski definition) is 2. The molecule has 27 heavy (non-hydrogen) atoms. The summed E-state index contributed by atoms with van der Waals surface area (Å²) in [7, 11) is 3.48. The zero-order valence-electron chi connectivity index (χ0n) is 17.4. The maximum atomic E-state index is 5.86. The molecule has 0 radical (unpaired) electrons. The topological polar surface area (TPSA) is 58.1 Å². The van der Waals surface area contributed by atoms with E-state index in [1.54, 1.807) is 14.2 Å². The van der Waals surface area contributed by atoms with Crippen LogP contribution in [-0.4, -0.2) is 62.4 Å². The maximum absolute atomic E-state index is 5.86. The Morgan fingerprint density at radius 1 is 1.19 bits per heavy atom. The van der Waals surface area contributed by atoms with Crippen molar-refractivity contribution in [3.8, 4) is 5.75 Å². The van der Waals surface area contributed by atoms with Crippen molar-refractivity contribution < 1.29 is 9.47 Å². The first-order valence-electron chi connectivity index (χ1n) is 9.32. The Balaban J connectivity index is 0.00000364. The summed E-state index contributed by atoms with van der Waals surface area (Å²) in [5.41, 5.74) is 1.20. The third-order valence-corrected chi connectivity index (χ3v) is 4.81. The number of nitrogens with zero attached hydrogens (tertiary/aromatic N) is 2. The summed E-state index contributed by atoms with van der Waals surface area (Å²) in [6, 6.07) is 8.05. The fourth-order valence-corrected chi connectivity index (χ4v) is 3.23.